The zero-order valence-corrected chi connectivity index (χ0v) is 51.1. The van der Waals surface area contributed by atoms with Crippen molar-refractivity contribution in [2.24, 2.45) is 0 Å². The minimum Gasteiger partial charge on any atom is -0.488 e. The van der Waals surface area contributed by atoms with E-state index in [1.807, 2.05) is 97.1 Å². The third-order valence-electron chi connectivity index (χ3n) is 17.2. The van der Waals surface area contributed by atoms with E-state index in [0.717, 1.165) is 94.9 Å². The van der Waals surface area contributed by atoms with Gasteiger partial charge in [-0.2, -0.15) is 0 Å². The Balaban J connectivity index is 0.882. The smallest absolute Gasteiger partial charge is 0.206 e. The van der Waals surface area contributed by atoms with Gasteiger partial charge in [-0.25, -0.2) is 16.8 Å². The lowest BCUT2D eigenvalue weighted by molar-refractivity contribution is -0.0283. The second-order valence-corrected chi connectivity index (χ2v) is 26.5. The molecule has 0 aliphatic heterocycles. The summed E-state index contributed by atoms with van der Waals surface area (Å²) < 4.78 is 80.9. The van der Waals surface area contributed by atoms with Crippen molar-refractivity contribution in [3.8, 4) is 45.6 Å². The van der Waals surface area contributed by atoms with Gasteiger partial charge in [-0.15, -0.1) is 0 Å². The maximum Gasteiger partial charge on any atom is 0.206 e. The van der Waals surface area contributed by atoms with Gasteiger partial charge in [0, 0.05) is 15.2 Å². The molecule has 0 N–H and O–H groups in total. The van der Waals surface area contributed by atoms with E-state index in [-0.39, 0.29) is 30.6 Å². The molecule has 0 aliphatic rings. The van der Waals surface area contributed by atoms with Crippen LogP contribution in [0, 0.1) is 0 Å². The molecule has 0 bridgehead atoms. The van der Waals surface area contributed by atoms with Gasteiger partial charge in [0.15, 0.2) is 0 Å². The van der Waals surface area contributed by atoms with E-state index in [1.165, 1.54) is 0 Å². The van der Waals surface area contributed by atoms with Crippen molar-refractivity contribution >= 4 is 31.4 Å². The number of hydrogen-bond acceptors (Lipinski definition) is 9. The fourth-order valence-corrected chi connectivity index (χ4v) is 14.3. The van der Waals surface area contributed by atoms with Gasteiger partial charge in [0.25, 0.3) is 0 Å². The molecule has 0 atom stereocenters. The molecule has 0 unspecified atom stereocenters. The molecule has 0 aliphatic carbocycles. The van der Waals surface area contributed by atoms with E-state index in [0.29, 0.717) is 23.0 Å². The van der Waals surface area contributed by atoms with Crippen LogP contribution in [0.3, 0.4) is 0 Å². The first-order chi connectivity index (χ1) is 38.8. The van der Waals surface area contributed by atoms with E-state index in [4.69, 9.17) is 18.9 Å². The van der Waals surface area contributed by atoms with Crippen LogP contribution in [0.15, 0.2) is 223 Å². The first-order valence-corrected chi connectivity index (χ1v) is 32.4. The minimum absolute atomic E-state index is 0.00800. The second-order valence-electron chi connectivity index (χ2n) is 21.4. The van der Waals surface area contributed by atoms with Gasteiger partial charge in [-0.05, 0) is 232 Å². The largest absolute Gasteiger partial charge is 0.488 e. The maximum atomic E-state index is 14.1. The fourth-order valence-electron chi connectivity index (χ4n) is 10.9. The monoisotopic (exact) mass is 1140 g/mol. The number of sulfone groups is 2. The predicted octanol–water partition coefficient (Wildman–Crippen LogP) is 19.5. The van der Waals surface area contributed by atoms with Crippen molar-refractivity contribution in [1.82, 2.24) is 0 Å². The lowest BCUT2D eigenvalue weighted by Gasteiger charge is -2.50. The summed E-state index contributed by atoms with van der Waals surface area (Å²) in [6, 6.07) is 59.8. The summed E-state index contributed by atoms with van der Waals surface area (Å²) in [4.78, 5) is 3.06. The number of benzene rings is 8. The van der Waals surface area contributed by atoms with Crippen LogP contribution in [0.5, 0.6) is 34.5 Å². The zero-order chi connectivity index (χ0) is 58.1. The third kappa shape index (κ3) is 13.1. The molecule has 0 fully saturated rings. The molecule has 81 heavy (non-hydrogen) atoms. The lowest BCUT2D eigenvalue weighted by atomic mass is 9.61. The van der Waals surface area contributed by atoms with E-state index >= 15 is 0 Å². The standard InChI is InChI=1S/C70H78O8S3/c1-11-67(9,12-2)53-23-43-63(44-24-53)80(71,72)65-47-35-57(36-48-65)75-55-27-19-51(20-28-55)52-21-29-60(30-22-52)78-70(17-7,18-8)69(15-5,16-6)54-25-45-64(46-26-54)81(73,74)66-49-37-58(38-50-66)76-56-31-39-61(40-32-56)79-62-41-33-59(34-42-62)77-68(10,13-3)14-4/h19-50H,11-18H2,1-10H3. The summed E-state index contributed by atoms with van der Waals surface area (Å²) in [7, 11) is -7.53. The molecule has 0 spiro atoms. The number of hydrogen-bond donors (Lipinski definition) is 0. The van der Waals surface area contributed by atoms with Crippen LogP contribution in [0.4, 0.5) is 0 Å². The van der Waals surface area contributed by atoms with Gasteiger partial charge in [0.05, 0.1) is 19.6 Å². The van der Waals surface area contributed by atoms with E-state index in [9.17, 15) is 16.8 Å². The highest BCUT2D eigenvalue weighted by atomic mass is 32.2. The Bertz CT molecular complexity index is 3530. The average molecular weight is 1140 g/mol. The number of rotatable bonds is 26. The summed E-state index contributed by atoms with van der Waals surface area (Å²) in [5.74, 6) is 3.97. The van der Waals surface area contributed by atoms with Gasteiger partial charge >= 0.3 is 0 Å². The van der Waals surface area contributed by atoms with Gasteiger partial charge in [-0.3, -0.25) is 0 Å². The molecular weight excluding hydrogens is 1060 g/mol. The molecular formula is C70H78O8S3. The Morgan fingerprint density at radius 2 is 0.642 bits per heavy atom. The van der Waals surface area contributed by atoms with Gasteiger partial charge < -0.3 is 18.9 Å². The molecule has 8 aromatic carbocycles. The Kier molecular flexibility index (Phi) is 19.0. The van der Waals surface area contributed by atoms with Crippen molar-refractivity contribution in [3.05, 3.63) is 205 Å². The quantitative estimate of drug-likeness (QED) is 0.0524. The highest BCUT2D eigenvalue weighted by Gasteiger charge is 2.50. The van der Waals surface area contributed by atoms with Crippen LogP contribution < -0.4 is 18.9 Å². The minimum atomic E-state index is -3.84. The Morgan fingerprint density at radius 3 is 0.988 bits per heavy atom. The second kappa shape index (κ2) is 25.6. The number of ether oxygens (including phenoxy) is 4. The summed E-state index contributed by atoms with van der Waals surface area (Å²) in [6.45, 7) is 21.7. The maximum absolute atomic E-state index is 14.1. The summed E-state index contributed by atoms with van der Waals surface area (Å²) >= 11 is 1.66. The molecule has 8 aromatic rings. The van der Waals surface area contributed by atoms with Crippen LogP contribution in [0.2, 0.25) is 0 Å². The molecule has 8 nitrogen and oxygen atoms in total. The van der Waals surface area contributed by atoms with Crippen LogP contribution in [0.25, 0.3) is 11.1 Å². The van der Waals surface area contributed by atoms with Crippen molar-refractivity contribution in [3.63, 3.8) is 0 Å². The molecule has 0 radical (unpaired) electrons. The van der Waals surface area contributed by atoms with E-state index in [2.05, 4.69) is 93.5 Å². The van der Waals surface area contributed by atoms with Crippen molar-refractivity contribution in [2.45, 2.75) is 172 Å². The summed E-state index contributed by atoms with van der Waals surface area (Å²) in [5.41, 5.74) is 2.99. The van der Waals surface area contributed by atoms with Crippen LogP contribution in [-0.4, -0.2) is 28.0 Å². The molecule has 0 amide bonds. The first-order valence-electron chi connectivity index (χ1n) is 28.6. The van der Waals surface area contributed by atoms with Gasteiger partial charge in [-0.1, -0.05) is 123 Å². The molecule has 8 rings (SSSR count). The Morgan fingerprint density at radius 1 is 0.333 bits per heavy atom. The molecule has 0 aromatic heterocycles. The van der Waals surface area contributed by atoms with Crippen LogP contribution in [0.1, 0.15) is 132 Å². The Hall–Kier alpha value is -6.79. The Labute approximate surface area is 487 Å². The lowest BCUT2D eigenvalue weighted by Crippen LogP contribution is -2.54. The first kappa shape index (κ1) is 60.3. The van der Waals surface area contributed by atoms with Crippen molar-refractivity contribution in [1.29, 1.82) is 0 Å². The average Bonchev–Trinajstić information content (AvgIpc) is 3.52. The third-order valence-corrected chi connectivity index (χ3v) is 21.8. The molecule has 0 saturated heterocycles. The summed E-state index contributed by atoms with van der Waals surface area (Å²) in [5, 5.41) is 0. The van der Waals surface area contributed by atoms with Gasteiger partial charge in [0.1, 0.15) is 45.7 Å². The van der Waals surface area contributed by atoms with Crippen molar-refractivity contribution < 1.29 is 35.8 Å². The molecule has 0 heterocycles. The van der Waals surface area contributed by atoms with E-state index in [1.54, 1.807) is 84.6 Å². The highest BCUT2D eigenvalue weighted by Crippen LogP contribution is 2.49. The van der Waals surface area contributed by atoms with Gasteiger partial charge in [0.2, 0.25) is 19.7 Å². The van der Waals surface area contributed by atoms with Crippen LogP contribution in [-0.2, 0) is 30.5 Å². The molecule has 0 saturated carbocycles. The van der Waals surface area contributed by atoms with Crippen molar-refractivity contribution in [2.75, 3.05) is 0 Å². The normalized spacial score (nSPS) is 12.5. The summed E-state index contributed by atoms with van der Waals surface area (Å²) in [6.07, 6.45) is 6.87. The SMILES string of the molecule is CCC(C)(CC)Oc1ccc(Sc2ccc(Oc3ccc(S(=O)(=O)c4ccc(C(CC)(CC)C(CC)(CC)Oc5ccc(-c6ccc(Oc7ccc(S(=O)(=O)c8ccc(C(C)(CC)CC)cc8)cc7)cc6)cc5)cc4)cc3)cc2)cc1. The topological polar surface area (TPSA) is 105 Å². The highest BCUT2D eigenvalue weighted by molar-refractivity contribution is 7.99. The van der Waals surface area contributed by atoms with E-state index < -0.39 is 30.7 Å². The van der Waals surface area contributed by atoms with Crippen LogP contribution >= 0.6 is 11.8 Å². The zero-order valence-electron chi connectivity index (χ0n) is 48.6. The fraction of sp³-hybridized carbons (Fsp3) is 0.314. The predicted molar refractivity (Wildman–Crippen MR) is 329 cm³/mol. The molecule has 11 heteroatoms. The molecule has 424 valence electrons.